The van der Waals surface area contributed by atoms with Crippen LogP contribution in [0.15, 0.2) is 41.4 Å². The van der Waals surface area contributed by atoms with Gasteiger partial charge in [0.15, 0.2) is 0 Å². The summed E-state index contributed by atoms with van der Waals surface area (Å²) in [6.07, 6.45) is -0.0238. The number of pyridine rings is 2. The van der Waals surface area contributed by atoms with Gasteiger partial charge < -0.3 is 10.2 Å². The number of carbonyl (C=O) groups is 2. The molecule has 2 N–H and O–H groups in total. The van der Waals surface area contributed by atoms with Gasteiger partial charge in [-0.05, 0) is 61.3 Å². The molecule has 2 saturated heterocycles. The third-order valence-corrected chi connectivity index (χ3v) is 7.30. The number of imide groups is 1. The summed E-state index contributed by atoms with van der Waals surface area (Å²) in [6.45, 7) is 1.84. The Hall–Kier alpha value is -3.98. The first-order valence-corrected chi connectivity index (χ1v) is 13.3. The van der Waals surface area contributed by atoms with Crippen LogP contribution >= 0.6 is 11.8 Å². The fourth-order valence-corrected chi connectivity index (χ4v) is 5.16. The maximum Gasteiger partial charge on any atom is 0.416 e. The van der Waals surface area contributed by atoms with Crippen molar-refractivity contribution in [2.24, 2.45) is 5.92 Å². The van der Waals surface area contributed by atoms with E-state index in [-0.39, 0.29) is 34.3 Å². The molecule has 214 valence electrons. The summed E-state index contributed by atoms with van der Waals surface area (Å²) in [6, 6.07) is 4.97. The molecule has 0 aliphatic carbocycles. The number of rotatable bonds is 7. The lowest BCUT2D eigenvalue weighted by atomic mass is 9.97. The lowest BCUT2D eigenvalue weighted by Crippen LogP contribution is -2.38. The van der Waals surface area contributed by atoms with Crippen molar-refractivity contribution < 1.29 is 31.5 Å². The summed E-state index contributed by atoms with van der Waals surface area (Å²) in [5.41, 5.74) is -0.740. The quantitative estimate of drug-likeness (QED) is 0.232. The molecule has 0 unspecified atom stereocenters. The van der Waals surface area contributed by atoms with E-state index >= 15 is 0 Å². The van der Waals surface area contributed by atoms with E-state index in [1.54, 1.807) is 12.3 Å². The number of halogens is 5. The highest BCUT2D eigenvalue weighted by atomic mass is 32.2. The SMILES string of the molecule is O=C1NC(=O)/C(=C/c2ccnc(N3CCC(CNCc4cc(C(F)(F)F)cc(-c5cc(F)nc(F)c5)n4)CC3)n2)S1. The second kappa shape index (κ2) is 11.9. The van der Waals surface area contributed by atoms with Gasteiger partial charge >= 0.3 is 6.18 Å². The number of amides is 2. The summed E-state index contributed by atoms with van der Waals surface area (Å²) < 4.78 is 67.7. The van der Waals surface area contributed by atoms with Crippen LogP contribution in [0.1, 0.15) is 29.8 Å². The van der Waals surface area contributed by atoms with Crippen LogP contribution in [0.25, 0.3) is 17.3 Å². The third-order valence-electron chi connectivity index (χ3n) is 6.49. The zero-order chi connectivity index (χ0) is 29.1. The number of carbonyl (C=O) groups excluding carboxylic acids is 2. The highest BCUT2D eigenvalue weighted by Gasteiger charge is 2.32. The van der Waals surface area contributed by atoms with Gasteiger partial charge in [0.05, 0.1) is 27.6 Å². The lowest BCUT2D eigenvalue weighted by Gasteiger charge is -2.32. The number of nitrogens with one attached hydrogen (secondary N) is 2. The van der Waals surface area contributed by atoms with Crippen LogP contribution in [0.3, 0.4) is 0 Å². The van der Waals surface area contributed by atoms with Crippen LogP contribution in [0.4, 0.5) is 32.7 Å². The molecule has 0 saturated carbocycles. The number of thioether (sulfide) groups is 1. The van der Waals surface area contributed by atoms with E-state index in [9.17, 15) is 31.5 Å². The Kier molecular flexibility index (Phi) is 8.26. The van der Waals surface area contributed by atoms with Crippen molar-refractivity contribution in [1.82, 2.24) is 30.6 Å². The number of anilines is 1. The maximum atomic E-state index is 13.6. The molecular weight excluding hydrogens is 569 g/mol. The summed E-state index contributed by atoms with van der Waals surface area (Å²) in [5.74, 6) is -2.06. The smallest absolute Gasteiger partial charge is 0.341 e. The Labute approximate surface area is 234 Å². The van der Waals surface area contributed by atoms with Crippen LogP contribution in [0, 0.1) is 17.8 Å². The van der Waals surface area contributed by atoms with Gasteiger partial charge in [-0.3, -0.25) is 19.9 Å². The first kappa shape index (κ1) is 28.5. The van der Waals surface area contributed by atoms with E-state index in [2.05, 4.69) is 30.6 Å². The number of hydrogen-bond donors (Lipinski definition) is 2. The predicted molar refractivity (Wildman–Crippen MR) is 140 cm³/mol. The molecular formula is C26H22F5N7O2S. The van der Waals surface area contributed by atoms with Crippen LogP contribution in [0.5, 0.6) is 0 Å². The topological polar surface area (TPSA) is 113 Å². The molecule has 3 aromatic heterocycles. The van der Waals surface area contributed by atoms with Gasteiger partial charge in [0.2, 0.25) is 17.8 Å². The molecule has 0 spiro atoms. The van der Waals surface area contributed by atoms with Crippen LogP contribution in [-0.4, -0.2) is 50.7 Å². The third kappa shape index (κ3) is 7.21. The Morgan fingerprint density at radius 3 is 2.44 bits per heavy atom. The number of hydrogen-bond acceptors (Lipinski definition) is 9. The summed E-state index contributed by atoms with van der Waals surface area (Å²) in [7, 11) is 0. The Morgan fingerprint density at radius 2 is 1.78 bits per heavy atom. The molecule has 15 heteroatoms. The van der Waals surface area contributed by atoms with Gasteiger partial charge in [0.1, 0.15) is 0 Å². The zero-order valence-corrected chi connectivity index (χ0v) is 22.0. The molecule has 0 aromatic carbocycles. The molecule has 5 rings (SSSR count). The van der Waals surface area contributed by atoms with Crippen LogP contribution < -0.4 is 15.5 Å². The Bertz CT molecular complexity index is 1490. The standard InChI is InChI=1S/C26H22F5N7O2S/c27-21-7-15(8-22(28)36-21)19-10-16(26(29,30)31)9-18(34-19)13-32-12-14-2-5-38(6-3-14)24-33-4-1-17(35-24)11-20-23(39)37-25(40)41-20/h1,4,7-11,14,32H,2-3,5-6,12-13H2,(H,37,39,40)/b20-11-. The molecule has 0 bridgehead atoms. The summed E-state index contributed by atoms with van der Waals surface area (Å²) in [5, 5.41) is 4.91. The van der Waals surface area contributed by atoms with Crippen molar-refractivity contribution in [1.29, 1.82) is 0 Å². The zero-order valence-electron chi connectivity index (χ0n) is 21.2. The fraction of sp³-hybridized carbons (Fsp3) is 0.308. The molecule has 41 heavy (non-hydrogen) atoms. The minimum absolute atomic E-state index is 0.0289. The van der Waals surface area contributed by atoms with Gasteiger partial charge in [-0.2, -0.15) is 26.9 Å². The van der Waals surface area contributed by atoms with Gasteiger partial charge in [0.25, 0.3) is 11.1 Å². The number of aromatic nitrogens is 4. The van der Waals surface area contributed by atoms with Crippen molar-refractivity contribution in [3.05, 3.63) is 70.3 Å². The average molecular weight is 592 g/mol. The normalized spacial score (nSPS) is 17.4. The van der Waals surface area contributed by atoms with Crippen molar-refractivity contribution >= 4 is 34.9 Å². The highest BCUT2D eigenvalue weighted by Crippen LogP contribution is 2.32. The summed E-state index contributed by atoms with van der Waals surface area (Å²) >= 11 is 0.807. The largest absolute Gasteiger partial charge is 0.416 e. The van der Waals surface area contributed by atoms with E-state index in [1.165, 1.54) is 6.08 Å². The Balaban J connectivity index is 1.18. The van der Waals surface area contributed by atoms with Crippen LogP contribution in [0.2, 0.25) is 0 Å². The molecule has 5 heterocycles. The van der Waals surface area contributed by atoms with E-state index in [1.807, 2.05) is 4.90 Å². The number of nitrogens with zero attached hydrogens (tertiary/aromatic N) is 5. The predicted octanol–water partition coefficient (Wildman–Crippen LogP) is 4.56. The van der Waals surface area contributed by atoms with Crippen molar-refractivity contribution in [2.45, 2.75) is 25.6 Å². The van der Waals surface area contributed by atoms with Crippen LogP contribution in [-0.2, 0) is 17.5 Å². The molecule has 0 atom stereocenters. The highest BCUT2D eigenvalue weighted by molar-refractivity contribution is 8.18. The molecule has 2 aliphatic rings. The minimum atomic E-state index is -4.67. The first-order valence-electron chi connectivity index (χ1n) is 12.5. The number of piperidine rings is 1. The molecule has 9 nitrogen and oxygen atoms in total. The van der Waals surface area contributed by atoms with Gasteiger partial charge in [-0.1, -0.05) is 0 Å². The first-order chi connectivity index (χ1) is 19.5. The van der Waals surface area contributed by atoms with Crippen molar-refractivity contribution in [3.8, 4) is 11.3 Å². The average Bonchev–Trinajstić information content (AvgIpc) is 3.24. The number of alkyl halides is 3. The monoisotopic (exact) mass is 591 g/mol. The molecule has 2 amide bonds. The second-order valence-corrected chi connectivity index (χ2v) is 10.4. The van der Waals surface area contributed by atoms with E-state index < -0.39 is 34.8 Å². The van der Waals surface area contributed by atoms with Gasteiger partial charge in [0, 0.05) is 43.5 Å². The summed E-state index contributed by atoms with van der Waals surface area (Å²) in [4.78, 5) is 41.4. The van der Waals surface area contributed by atoms with E-state index in [0.717, 1.165) is 48.9 Å². The van der Waals surface area contributed by atoms with Gasteiger partial charge in [-0.25, -0.2) is 9.97 Å². The van der Waals surface area contributed by atoms with Crippen molar-refractivity contribution in [2.75, 3.05) is 24.5 Å². The fourth-order valence-electron chi connectivity index (χ4n) is 4.49. The molecule has 2 fully saturated rings. The van der Waals surface area contributed by atoms with Crippen molar-refractivity contribution in [3.63, 3.8) is 0 Å². The van der Waals surface area contributed by atoms with E-state index in [4.69, 9.17) is 0 Å². The van der Waals surface area contributed by atoms with E-state index in [0.29, 0.717) is 31.3 Å². The second-order valence-electron chi connectivity index (χ2n) is 9.43. The van der Waals surface area contributed by atoms with Gasteiger partial charge in [-0.15, -0.1) is 0 Å². The molecule has 0 radical (unpaired) electrons. The minimum Gasteiger partial charge on any atom is -0.341 e. The molecule has 2 aliphatic heterocycles. The Morgan fingerprint density at radius 1 is 1.05 bits per heavy atom. The molecule has 3 aromatic rings. The lowest BCUT2D eigenvalue weighted by molar-refractivity contribution is -0.137. The maximum absolute atomic E-state index is 13.6.